The van der Waals surface area contributed by atoms with E-state index in [0.717, 1.165) is 36.4 Å². The molecule has 2 aliphatic heterocycles. The third-order valence-corrected chi connectivity index (χ3v) is 4.36. The molecule has 4 rings (SSSR count). The Hall–Kier alpha value is -1.75. The number of fused-ring (bicyclic) bond motifs is 1. The molecule has 5 nitrogen and oxygen atoms in total. The smallest absolute Gasteiger partial charge is 0.240 e. The highest BCUT2D eigenvalue weighted by atomic mass is 16.7. The maximum atomic E-state index is 12.5. The average Bonchev–Trinajstić information content (AvgIpc) is 3.18. The van der Waals surface area contributed by atoms with E-state index < -0.39 is 0 Å². The van der Waals surface area contributed by atoms with Crippen LogP contribution < -0.4 is 14.8 Å². The van der Waals surface area contributed by atoms with Gasteiger partial charge in [-0.15, -0.1) is 0 Å². The molecule has 1 amide bonds. The number of rotatable bonds is 4. The summed E-state index contributed by atoms with van der Waals surface area (Å²) in [4.78, 5) is 14.5. The van der Waals surface area contributed by atoms with Gasteiger partial charge in [0.25, 0.3) is 0 Å². The Morgan fingerprint density at radius 3 is 2.90 bits per heavy atom. The molecule has 1 unspecified atom stereocenters. The molecule has 5 heteroatoms. The van der Waals surface area contributed by atoms with Gasteiger partial charge < -0.3 is 19.7 Å². The Morgan fingerprint density at radius 2 is 2.05 bits per heavy atom. The van der Waals surface area contributed by atoms with Gasteiger partial charge >= 0.3 is 0 Å². The molecule has 1 saturated carbocycles. The molecule has 1 N–H and O–H groups in total. The number of likely N-dealkylation sites (tertiary alicyclic amines) is 1. The predicted molar refractivity (Wildman–Crippen MR) is 77.2 cm³/mol. The van der Waals surface area contributed by atoms with Crippen LogP contribution in [0.2, 0.25) is 0 Å². The van der Waals surface area contributed by atoms with E-state index in [1.165, 1.54) is 12.8 Å². The van der Waals surface area contributed by atoms with Crippen LogP contribution in [0.1, 0.15) is 31.2 Å². The van der Waals surface area contributed by atoms with Gasteiger partial charge in [0, 0.05) is 19.1 Å². The standard InChI is InChI=1S/C16H20N2O3/c19-16-13(17-12-4-5-12)2-1-7-18(16)9-11-3-6-14-15(8-11)21-10-20-14/h3,6,8,12-13,17H,1-2,4-5,7,9-10H2. The summed E-state index contributed by atoms with van der Waals surface area (Å²) >= 11 is 0. The van der Waals surface area contributed by atoms with Crippen LogP contribution in [0.5, 0.6) is 11.5 Å². The third kappa shape index (κ3) is 2.70. The van der Waals surface area contributed by atoms with Crippen molar-refractivity contribution in [1.82, 2.24) is 10.2 Å². The highest BCUT2D eigenvalue weighted by molar-refractivity contribution is 5.82. The molecule has 1 aromatic rings. The molecule has 112 valence electrons. The first-order chi connectivity index (χ1) is 10.3. The zero-order valence-corrected chi connectivity index (χ0v) is 12.0. The minimum Gasteiger partial charge on any atom is -0.454 e. The van der Waals surface area contributed by atoms with Gasteiger partial charge in [-0.05, 0) is 43.4 Å². The number of benzene rings is 1. The summed E-state index contributed by atoms with van der Waals surface area (Å²) in [7, 11) is 0. The monoisotopic (exact) mass is 288 g/mol. The number of ether oxygens (including phenoxy) is 2. The predicted octanol–water partition coefficient (Wildman–Crippen LogP) is 1.66. The minimum absolute atomic E-state index is 0.0141. The molecule has 2 fully saturated rings. The second-order valence-corrected chi connectivity index (χ2v) is 6.08. The Kier molecular flexibility index (Phi) is 3.22. The summed E-state index contributed by atoms with van der Waals surface area (Å²) in [6, 6.07) is 6.50. The first kappa shape index (κ1) is 13.0. The van der Waals surface area contributed by atoms with E-state index in [1.807, 2.05) is 23.1 Å². The fraction of sp³-hybridized carbons (Fsp3) is 0.562. The van der Waals surface area contributed by atoms with Crippen molar-refractivity contribution in [3.05, 3.63) is 23.8 Å². The van der Waals surface area contributed by atoms with Crippen molar-refractivity contribution in [2.24, 2.45) is 0 Å². The van der Waals surface area contributed by atoms with Gasteiger partial charge in [0.05, 0.1) is 6.04 Å². The number of piperidine rings is 1. The largest absolute Gasteiger partial charge is 0.454 e. The van der Waals surface area contributed by atoms with Gasteiger partial charge in [0.1, 0.15) is 0 Å². The lowest BCUT2D eigenvalue weighted by Crippen LogP contribution is -2.50. The number of nitrogens with zero attached hydrogens (tertiary/aromatic N) is 1. The summed E-state index contributed by atoms with van der Waals surface area (Å²) in [5, 5.41) is 3.46. The number of carbonyl (C=O) groups excluding carboxylic acids is 1. The van der Waals surface area contributed by atoms with Crippen molar-refractivity contribution in [3.63, 3.8) is 0 Å². The normalized spacial score (nSPS) is 24.5. The van der Waals surface area contributed by atoms with Crippen LogP contribution >= 0.6 is 0 Å². The van der Waals surface area contributed by atoms with Crippen LogP contribution in [-0.4, -0.2) is 36.2 Å². The van der Waals surface area contributed by atoms with E-state index >= 15 is 0 Å². The number of hydrogen-bond acceptors (Lipinski definition) is 4. The van der Waals surface area contributed by atoms with Crippen molar-refractivity contribution >= 4 is 5.91 Å². The molecule has 0 aromatic heterocycles. The maximum Gasteiger partial charge on any atom is 0.240 e. The first-order valence-electron chi connectivity index (χ1n) is 7.73. The molecule has 1 aliphatic carbocycles. The lowest BCUT2D eigenvalue weighted by Gasteiger charge is -2.33. The Labute approximate surface area is 124 Å². The number of hydrogen-bond donors (Lipinski definition) is 1. The lowest BCUT2D eigenvalue weighted by atomic mass is 10.0. The maximum absolute atomic E-state index is 12.5. The quantitative estimate of drug-likeness (QED) is 0.915. The van der Waals surface area contributed by atoms with Crippen molar-refractivity contribution < 1.29 is 14.3 Å². The molecule has 0 bridgehead atoms. The van der Waals surface area contributed by atoms with Crippen LogP contribution in [0.4, 0.5) is 0 Å². The molecule has 0 radical (unpaired) electrons. The van der Waals surface area contributed by atoms with E-state index in [4.69, 9.17) is 9.47 Å². The van der Waals surface area contributed by atoms with E-state index in [0.29, 0.717) is 12.6 Å². The van der Waals surface area contributed by atoms with Crippen molar-refractivity contribution in [2.45, 2.75) is 44.3 Å². The zero-order valence-electron chi connectivity index (χ0n) is 12.0. The van der Waals surface area contributed by atoms with Crippen molar-refractivity contribution in [1.29, 1.82) is 0 Å². The Bertz CT molecular complexity index is 556. The summed E-state index contributed by atoms with van der Waals surface area (Å²) in [5.41, 5.74) is 1.10. The molecule has 21 heavy (non-hydrogen) atoms. The topological polar surface area (TPSA) is 50.8 Å². The van der Waals surface area contributed by atoms with Gasteiger partial charge in [-0.25, -0.2) is 0 Å². The zero-order chi connectivity index (χ0) is 14.2. The molecular formula is C16H20N2O3. The lowest BCUT2D eigenvalue weighted by molar-refractivity contribution is -0.136. The Balaban J connectivity index is 1.44. The van der Waals surface area contributed by atoms with E-state index in [2.05, 4.69) is 5.32 Å². The van der Waals surface area contributed by atoms with Crippen molar-refractivity contribution in [3.8, 4) is 11.5 Å². The van der Waals surface area contributed by atoms with Crippen LogP contribution in [-0.2, 0) is 11.3 Å². The van der Waals surface area contributed by atoms with Crippen LogP contribution in [0.3, 0.4) is 0 Å². The summed E-state index contributed by atoms with van der Waals surface area (Å²) in [6.07, 6.45) is 4.46. The molecular weight excluding hydrogens is 268 g/mol. The summed E-state index contributed by atoms with van der Waals surface area (Å²) < 4.78 is 10.7. The fourth-order valence-electron chi connectivity index (χ4n) is 3.05. The third-order valence-electron chi connectivity index (χ3n) is 4.36. The molecule has 1 saturated heterocycles. The fourth-order valence-corrected chi connectivity index (χ4v) is 3.05. The van der Waals surface area contributed by atoms with E-state index in [9.17, 15) is 4.79 Å². The molecule has 0 spiro atoms. The second-order valence-electron chi connectivity index (χ2n) is 6.08. The number of amides is 1. The SMILES string of the molecule is O=C1C(NC2CC2)CCCN1Cc1ccc2c(c1)OCO2. The number of carbonyl (C=O) groups is 1. The second kappa shape index (κ2) is 5.22. The highest BCUT2D eigenvalue weighted by Gasteiger charge is 2.33. The van der Waals surface area contributed by atoms with Crippen LogP contribution in [0.15, 0.2) is 18.2 Å². The van der Waals surface area contributed by atoms with Gasteiger partial charge in [0.15, 0.2) is 11.5 Å². The minimum atomic E-state index is 0.0141. The van der Waals surface area contributed by atoms with E-state index in [-0.39, 0.29) is 18.7 Å². The van der Waals surface area contributed by atoms with Gasteiger partial charge in [-0.1, -0.05) is 6.07 Å². The molecule has 1 aromatic carbocycles. The Morgan fingerprint density at radius 1 is 1.19 bits per heavy atom. The first-order valence-corrected chi connectivity index (χ1v) is 7.73. The average molecular weight is 288 g/mol. The molecule has 3 aliphatic rings. The summed E-state index contributed by atoms with van der Waals surface area (Å²) in [5.74, 6) is 1.81. The molecule has 1 atom stereocenters. The van der Waals surface area contributed by atoms with Gasteiger partial charge in [-0.3, -0.25) is 4.79 Å². The van der Waals surface area contributed by atoms with Gasteiger partial charge in [0.2, 0.25) is 12.7 Å². The van der Waals surface area contributed by atoms with Gasteiger partial charge in [-0.2, -0.15) is 0 Å². The van der Waals surface area contributed by atoms with E-state index in [1.54, 1.807) is 0 Å². The number of nitrogens with one attached hydrogen (secondary N) is 1. The van der Waals surface area contributed by atoms with Crippen LogP contribution in [0, 0.1) is 0 Å². The van der Waals surface area contributed by atoms with Crippen LogP contribution in [0.25, 0.3) is 0 Å². The molecule has 2 heterocycles. The van der Waals surface area contributed by atoms with Crippen molar-refractivity contribution in [2.75, 3.05) is 13.3 Å². The summed E-state index contributed by atoms with van der Waals surface area (Å²) in [6.45, 7) is 1.78. The highest BCUT2D eigenvalue weighted by Crippen LogP contribution is 2.33.